The Morgan fingerprint density at radius 2 is 2.33 bits per heavy atom. The second-order valence-corrected chi connectivity index (χ2v) is 4.02. The van der Waals surface area contributed by atoms with E-state index in [0.717, 1.165) is 23.8 Å². The average molecular weight is 221 g/mol. The highest BCUT2D eigenvalue weighted by Crippen LogP contribution is 2.41. The Bertz CT molecular complexity index is 493. The molecular formula is C11H9ClN2O. The molecule has 2 heterocycles. The summed E-state index contributed by atoms with van der Waals surface area (Å²) >= 11 is 6.05. The number of rotatable bonds is 0. The number of benzene rings is 1. The Kier molecular flexibility index (Phi) is 1.76. The smallest absolute Gasteiger partial charge is 0.169 e. The third-order valence-corrected chi connectivity index (χ3v) is 2.79. The van der Waals surface area contributed by atoms with Crippen LogP contribution in [0.2, 0.25) is 5.02 Å². The molecule has 0 unspecified atom stereocenters. The van der Waals surface area contributed by atoms with Crippen LogP contribution >= 0.6 is 11.6 Å². The van der Waals surface area contributed by atoms with Gasteiger partial charge in [0.2, 0.25) is 0 Å². The molecule has 3 rings (SSSR count). The Labute approximate surface area is 92.6 Å². The fourth-order valence-electron chi connectivity index (χ4n) is 1.84. The number of halogens is 1. The van der Waals surface area contributed by atoms with Gasteiger partial charge in [0.25, 0.3) is 0 Å². The third-order valence-electron chi connectivity index (χ3n) is 2.49. The van der Waals surface area contributed by atoms with E-state index in [0.29, 0.717) is 10.8 Å². The summed E-state index contributed by atoms with van der Waals surface area (Å²) in [5.41, 5.74) is 2.07. The molecule has 1 aromatic carbocycles. The van der Waals surface area contributed by atoms with Gasteiger partial charge in [-0.2, -0.15) is 0 Å². The highest BCUT2D eigenvalue weighted by atomic mass is 35.5. The average Bonchev–Trinajstić information content (AvgIpc) is 2.59. The van der Waals surface area contributed by atoms with Crippen molar-refractivity contribution in [2.45, 2.75) is 6.92 Å². The maximum absolute atomic E-state index is 6.05. The summed E-state index contributed by atoms with van der Waals surface area (Å²) in [7, 11) is 0. The zero-order valence-corrected chi connectivity index (χ0v) is 8.95. The second kappa shape index (κ2) is 3.00. The molecule has 3 nitrogen and oxygen atoms in total. The van der Waals surface area contributed by atoms with Gasteiger partial charge in [-0.15, -0.1) is 0 Å². The molecule has 4 heteroatoms. The van der Waals surface area contributed by atoms with E-state index in [1.54, 1.807) is 6.26 Å². The summed E-state index contributed by atoms with van der Waals surface area (Å²) in [4.78, 5) is 6.47. The van der Waals surface area contributed by atoms with Crippen molar-refractivity contribution in [1.82, 2.24) is 0 Å². The fraction of sp³-hybridized carbons (Fsp3) is 0.182. The fourth-order valence-corrected chi connectivity index (χ4v) is 2.05. The van der Waals surface area contributed by atoms with E-state index in [-0.39, 0.29) is 0 Å². The van der Waals surface area contributed by atoms with Crippen molar-refractivity contribution in [1.29, 1.82) is 0 Å². The molecule has 0 N–H and O–H groups in total. The van der Waals surface area contributed by atoms with Crippen molar-refractivity contribution in [3.63, 3.8) is 0 Å². The van der Waals surface area contributed by atoms with Crippen LogP contribution in [-0.4, -0.2) is 12.3 Å². The van der Waals surface area contributed by atoms with Crippen molar-refractivity contribution >= 4 is 23.0 Å². The molecule has 1 aromatic rings. The Hall–Kier alpha value is -1.48. The van der Waals surface area contributed by atoms with Gasteiger partial charge in [-0.1, -0.05) is 17.7 Å². The summed E-state index contributed by atoms with van der Waals surface area (Å²) in [6, 6.07) is 5.73. The van der Waals surface area contributed by atoms with E-state index in [1.807, 2.05) is 25.1 Å². The van der Waals surface area contributed by atoms with Crippen LogP contribution in [0.5, 0.6) is 5.75 Å². The zero-order valence-electron chi connectivity index (χ0n) is 8.20. The van der Waals surface area contributed by atoms with E-state index in [2.05, 4.69) is 9.89 Å². The van der Waals surface area contributed by atoms with Gasteiger partial charge in [-0.05, 0) is 19.1 Å². The van der Waals surface area contributed by atoms with Crippen LogP contribution in [0.3, 0.4) is 0 Å². The number of nitrogens with zero attached hydrogens (tertiary/aromatic N) is 2. The number of anilines is 1. The number of hydrogen-bond donors (Lipinski definition) is 0. The number of ether oxygens (including phenoxy) is 1. The van der Waals surface area contributed by atoms with Crippen LogP contribution in [0.1, 0.15) is 6.92 Å². The zero-order chi connectivity index (χ0) is 10.4. The molecule has 0 fully saturated rings. The van der Waals surface area contributed by atoms with Gasteiger partial charge < -0.3 is 9.64 Å². The van der Waals surface area contributed by atoms with E-state index < -0.39 is 0 Å². The van der Waals surface area contributed by atoms with Gasteiger partial charge in [0.15, 0.2) is 11.6 Å². The van der Waals surface area contributed by atoms with Crippen LogP contribution in [0.15, 0.2) is 35.3 Å². The maximum Gasteiger partial charge on any atom is 0.169 e. The summed E-state index contributed by atoms with van der Waals surface area (Å²) in [6.07, 6.45) is 1.64. The van der Waals surface area contributed by atoms with Gasteiger partial charge in [-0.25, -0.2) is 4.99 Å². The number of fused-ring (bicyclic) bond motifs is 3. The Morgan fingerprint density at radius 3 is 3.20 bits per heavy atom. The molecule has 0 aromatic heterocycles. The monoisotopic (exact) mass is 220 g/mol. The summed E-state index contributed by atoms with van der Waals surface area (Å²) in [5, 5.41) is 0.632. The molecule has 0 atom stereocenters. The van der Waals surface area contributed by atoms with Crippen molar-refractivity contribution in [2.75, 3.05) is 11.4 Å². The number of aliphatic imine (C=N–C) groups is 1. The van der Waals surface area contributed by atoms with E-state index >= 15 is 0 Å². The molecule has 0 amide bonds. The second-order valence-electron chi connectivity index (χ2n) is 3.62. The minimum atomic E-state index is 0.632. The van der Waals surface area contributed by atoms with Crippen LogP contribution in [0.25, 0.3) is 0 Å². The minimum absolute atomic E-state index is 0.632. The van der Waals surface area contributed by atoms with Crippen LogP contribution in [0.4, 0.5) is 5.69 Å². The van der Waals surface area contributed by atoms with Gasteiger partial charge in [0.1, 0.15) is 6.26 Å². The van der Waals surface area contributed by atoms with Crippen molar-refractivity contribution < 1.29 is 4.74 Å². The van der Waals surface area contributed by atoms with E-state index in [4.69, 9.17) is 16.3 Å². The van der Waals surface area contributed by atoms with Gasteiger partial charge >= 0.3 is 0 Å². The molecule has 76 valence electrons. The van der Waals surface area contributed by atoms with Gasteiger partial charge in [-0.3, -0.25) is 0 Å². The van der Waals surface area contributed by atoms with Crippen molar-refractivity contribution in [3.8, 4) is 5.75 Å². The first kappa shape index (κ1) is 8.80. The highest BCUT2D eigenvalue weighted by molar-refractivity contribution is 6.32. The van der Waals surface area contributed by atoms with Crippen LogP contribution in [-0.2, 0) is 0 Å². The molecular weight excluding hydrogens is 212 g/mol. The first-order chi connectivity index (χ1) is 7.25. The van der Waals surface area contributed by atoms with Crippen molar-refractivity contribution in [3.05, 3.63) is 35.3 Å². The van der Waals surface area contributed by atoms with Gasteiger partial charge in [0.05, 0.1) is 17.3 Å². The largest absolute Gasteiger partial charge is 0.457 e. The Balaban J connectivity index is 2.13. The quantitative estimate of drug-likeness (QED) is 0.672. The first-order valence-corrected chi connectivity index (χ1v) is 5.10. The SMILES string of the molecule is CC1=NC2=COc3c(Cl)cccc3N2C1. The molecule has 0 saturated heterocycles. The molecule has 0 spiro atoms. The summed E-state index contributed by atoms with van der Waals surface area (Å²) in [5.74, 6) is 1.56. The predicted molar refractivity (Wildman–Crippen MR) is 60.6 cm³/mol. The van der Waals surface area contributed by atoms with Crippen molar-refractivity contribution in [2.24, 2.45) is 4.99 Å². The summed E-state index contributed by atoms with van der Waals surface area (Å²) in [6.45, 7) is 2.81. The van der Waals surface area contributed by atoms with Crippen LogP contribution < -0.4 is 9.64 Å². The molecule has 0 saturated carbocycles. The van der Waals surface area contributed by atoms with E-state index in [1.165, 1.54) is 0 Å². The molecule has 0 radical (unpaired) electrons. The topological polar surface area (TPSA) is 24.8 Å². The standard InChI is InChI=1S/C11H9ClN2O/c1-7-5-14-9-4-2-3-8(12)11(9)15-6-10(14)13-7/h2-4,6H,5H2,1H3. The lowest BCUT2D eigenvalue weighted by atomic mass is 10.2. The summed E-state index contributed by atoms with van der Waals surface area (Å²) < 4.78 is 5.47. The number of para-hydroxylation sites is 1. The number of hydrogen-bond acceptors (Lipinski definition) is 3. The molecule has 15 heavy (non-hydrogen) atoms. The molecule has 2 aliphatic heterocycles. The Morgan fingerprint density at radius 1 is 1.47 bits per heavy atom. The van der Waals surface area contributed by atoms with Gasteiger partial charge in [0, 0.05) is 5.71 Å². The normalized spacial score (nSPS) is 17.6. The van der Waals surface area contributed by atoms with Crippen LogP contribution in [0, 0.1) is 0 Å². The molecule has 2 aliphatic rings. The van der Waals surface area contributed by atoms with E-state index in [9.17, 15) is 0 Å². The third kappa shape index (κ3) is 1.23. The predicted octanol–water partition coefficient (Wildman–Crippen LogP) is 2.81. The first-order valence-electron chi connectivity index (χ1n) is 4.73. The highest BCUT2D eigenvalue weighted by Gasteiger charge is 2.27. The molecule has 0 aliphatic carbocycles. The molecule has 0 bridgehead atoms. The maximum atomic E-state index is 6.05. The lowest BCUT2D eigenvalue weighted by Crippen LogP contribution is -2.23. The minimum Gasteiger partial charge on any atom is -0.457 e. The lowest BCUT2D eigenvalue weighted by Gasteiger charge is -2.25. The lowest BCUT2D eigenvalue weighted by molar-refractivity contribution is 0.464.